The molecule has 0 N–H and O–H groups in total. The van der Waals surface area contributed by atoms with Crippen LogP contribution < -0.4 is 0 Å². The van der Waals surface area contributed by atoms with Gasteiger partial charge in [0.25, 0.3) is 0 Å². The minimum atomic E-state index is -0.698. The first-order valence-electron chi connectivity index (χ1n) is 10.7. The van der Waals surface area contributed by atoms with Gasteiger partial charge in [-0.3, -0.25) is 0 Å². The van der Waals surface area contributed by atoms with Gasteiger partial charge in [0.2, 0.25) is 0 Å². The Morgan fingerprint density at radius 1 is 0.774 bits per heavy atom. The lowest BCUT2D eigenvalue weighted by Crippen LogP contribution is -2.32. The fourth-order valence-corrected chi connectivity index (χ4v) is 4.13. The van der Waals surface area contributed by atoms with E-state index in [1.165, 1.54) is 0 Å². The molecule has 1 saturated heterocycles. The molecule has 1 aromatic heterocycles. The van der Waals surface area contributed by atoms with Gasteiger partial charge in [-0.05, 0) is 30.5 Å². The summed E-state index contributed by atoms with van der Waals surface area (Å²) in [6, 6.07) is 26.4. The van der Waals surface area contributed by atoms with E-state index in [9.17, 15) is 4.39 Å². The van der Waals surface area contributed by atoms with Crippen LogP contribution in [0.2, 0.25) is 0 Å². The number of nitrogens with zero attached hydrogens (tertiary/aromatic N) is 3. The topological polar surface area (TPSA) is 29.0 Å². The zero-order valence-electron chi connectivity index (χ0n) is 17.3. The fraction of sp³-hybridized carbons (Fsp3) is 0.185. The molecule has 0 amide bonds. The molecule has 1 aliphatic heterocycles. The lowest BCUT2D eigenvalue weighted by molar-refractivity contribution is 0.197. The van der Waals surface area contributed by atoms with Crippen LogP contribution in [-0.4, -0.2) is 34.1 Å². The summed E-state index contributed by atoms with van der Waals surface area (Å²) < 4.78 is 13.5. The fourth-order valence-electron chi connectivity index (χ4n) is 4.13. The highest BCUT2D eigenvalue weighted by Crippen LogP contribution is 2.32. The summed E-state index contributed by atoms with van der Waals surface area (Å²) in [7, 11) is 0. The van der Waals surface area contributed by atoms with Crippen LogP contribution in [0, 0.1) is 0 Å². The highest BCUT2D eigenvalue weighted by molar-refractivity contribution is 5.87. The van der Waals surface area contributed by atoms with E-state index in [0.717, 1.165) is 44.8 Å². The van der Waals surface area contributed by atoms with E-state index in [1.807, 2.05) is 54.6 Å². The first-order valence-corrected chi connectivity index (χ1v) is 10.7. The standard InChI is InChI=1S/C27H24FN3/c1-19(31-16-14-23(28)15-17-31)22-12-13-24-25(18-22)30-27(21-10-6-3-7-11-21)26(29-24)20-8-4-2-5-9-20/h2-13,18,23H,1,14-17H2. The Morgan fingerprint density at radius 2 is 1.32 bits per heavy atom. The van der Waals surface area contributed by atoms with Gasteiger partial charge in [-0.1, -0.05) is 73.3 Å². The molecule has 0 spiro atoms. The van der Waals surface area contributed by atoms with Crippen molar-refractivity contribution in [2.75, 3.05) is 13.1 Å². The summed E-state index contributed by atoms with van der Waals surface area (Å²) in [5.74, 6) is 0. The van der Waals surface area contributed by atoms with Crippen molar-refractivity contribution in [3.8, 4) is 22.5 Å². The molecular formula is C27H24FN3. The molecule has 0 aliphatic carbocycles. The van der Waals surface area contributed by atoms with Gasteiger partial charge in [0.1, 0.15) is 6.17 Å². The summed E-state index contributed by atoms with van der Waals surface area (Å²) in [6.07, 6.45) is 0.423. The van der Waals surface area contributed by atoms with Crippen molar-refractivity contribution in [2.24, 2.45) is 0 Å². The lowest BCUT2D eigenvalue weighted by Gasteiger charge is -2.32. The number of benzene rings is 3. The van der Waals surface area contributed by atoms with E-state index in [4.69, 9.17) is 9.97 Å². The number of hydrogen-bond acceptors (Lipinski definition) is 3. The maximum Gasteiger partial charge on any atom is 0.103 e. The van der Waals surface area contributed by atoms with Crippen LogP contribution in [-0.2, 0) is 0 Å². The van der Waals surface area contributed by atoms with Crippen LogP contribution >= 0.6 is 0 Å². The average molecular weight is 410 g/mol. The first kappa shape index (κ1) is 19.4. The number of alkyl halides is 1. The zero-order valence-corrected chi connectivity index (χ0v) is 17.3. The highest BCUT2D eigenvalue weighted by Gasteiger charge is 2.20. The number of fused-ring (bicyclic) bond motifs is 1. The molecule has 154 valence electrons. The molecule has 0 saturated carbocycles. The van der Waals surface area contributed by atoms with Gasteiger partial charge in [0.05, 0.1) is 22.4 Å². The van der Waals surface area contributed by atoms with Crippen LogP contribution in [0.3, 0.4) is 0 Å². The maximum atomic E-state index is 13.5. The Morgan fingerprint density at radius 3 is 1.90 bits per heavy atom. The molecule has 2 heterocycles. The van der Waals surface area contributed by atoms with E-state index in [2.05, 4.69) is 35.7 Å². The van der Waals surface area contributed by atoms with Crippen molar-refractivity contribution in [2.45, 2.75) is 19.0 Å². The molecule has 3 nitrogen and oxygen atoms in total. The summed E-state index contributed by atoms with van der Waals surface area (Å²) in [4.78, 5) is 12.2. The Labute approximate surface area is 181 Å². The summed E-state index contributed by atoms with van der Waals surface area (Å²) in [5.41, 5.74) is 7.41. The van der Waals surface area contributed by atoms with Gasteiger partial charge in [0.15, 0.2) is 0 Å². The molecular weight excluding hydrogens is 385 g/mol. The van der Waals surface area contributed by atoms with Gasteiger partial charge >= 0.3 is 0 Å². The Hall–Kier alpha value is -3.53. The van der Waals surface area contributed by atoms with Crippen molar-refractivity contribution in [1.29, 1.82) is 0 Å². The second-order valence-electron chi connectivity index (χ2n) is 7.96. The molecule has 4 aromatic rings. The maximum absolute atomic E-state index is 13.5. The average Bonchev–Trinajstić information content (AvgIpc) is 2.84. The highest BCUT2D eigenvalue weighted by atomic mass is 19.1. The molecule has 3 aromatic carbocycles. The largest absolute Gasteiger partial charge is 0.371 e. The summed E-state index contributed by atoms with van der Waals surface area (Å²) >= 11 is 0. The smallest absolute Gasteiger partial charge is 0.103 e. The minimum absolute atomic E-state index is 0.561. The van der Waals surface area contributed by atoms with Crippen molar-refractivity contribution in [1.82, 2.24) is 14.9 Å². The first-order chi connectivity index (χ1) is 15.2. The minimum Gasteiger partial charge on any atom is -0.371 e. The SMILES string of the molecule is C=C(c1ccc2nc(-c3ccccc3)c(-c3ccccc3)nc2c1)N1CCC(F)CC1. The van der Waals surface area contributed by atoms with E-state index in [1.54, 1.807) is 0 Å². The number of hydrogen-bond donors (Lipinski definition) is 0. The zero-order chi connectivity index (χ0) is 21.2. The number of aromatic nitrogens is 2. The molecule has 0 atom stereocenters. The lowest BCUT2D eigenvalue weighted by atomic mass is 10.0. The van der Waals surface area contributed by atoms with E-state index in [-0.39, 0.29) is 0 Å². The molecule has 1 aliphatic rings. The van der Waals surface area contributed by atoms with E-state index >= 15 is 0 Å². The summed E-state index contributed by atoms with van der Waals surface area (Å²) in [6.45, 7) is 5.68. The quantitative estimate of drug-likeness (QED) is 0.392. The van der Waals surface area contributed by atoms with Gasteiger partial charge in [0, 0.05) is 29.9 Å². The Balaban J connectivity index is 1.60. The van der Waals surface area contributed by atoms with Crippen LogP contribution in [0.5, 0.6) is 0 Å². The third-order valence-electron chi connectivity index (χ3n) is 5.90. The number of halogens is 1. The number of piperidine rings is 1. The molecule has 31 heavy (non-hydrogen) atoms. The van der Waals surface area contributed by atoms with Crippen molar-refractivity contribution in [3.63, 3.8) is 0 Å². The van der Waals surface area contributed by atoms with Crippen LogP contribution in [0.1, 0.15) is 18.4 Å². The number of rotatable bonds is 4. The second-order valence-corrected chi connectivity index (χ2v) is 7.96. The molecule has 4 heteroatoms. The monoisotopic (exact) mass is 409 g/mol. The van der Waals surface area contributed by atoms with Gasteiger partial charge < -0.3 is 4.90 Å². The Kier molecular flexibility index (Phi) is 5.21. The van der Waals surface area contributed by atoms with Crippen LogP contribution in [0.25, 0.3) is 39.2 Å². The summed E-state index contributed by atoms with van der Waals surface area (Å²) in [5, 5.41) is 0. The second kappa shape index (κ2) is 8.31. The third kappa shape index (κ3) is 3.93. The Bertz CT molecular complexity index is 1210. The molecule has 0 radical (unpaired) electrons. The van der Waals surface area contributed by atoms with Crippen molar-refractivity contribution in [3.05, 3.63) is 91.0 Å². The van der Waals surface area contributed by atoms with E-state index in [0.29, 0.717) is 25.9 Å². The van der Waals surface area contributed by atoms with Gasteiger partial charge in [-0.15, -0.1) is 0 Å². The van der Waals surface area contributed by atoms with Gasteiger partial charge in [-0.25, -0.2) is 14.4 Å². The van der Waals surface area contributed by atoms with Crippen molar-refractivity contribution >= 4 is 16.7 Å². The molecule has 0 bridgehead atoms. The normalized spacial score (nSPS) is 14.7. The van der Waals surface area contributed by atoms with Gasteiger partial charge in [-0.2, -0.15) is 0 Å². The van der Waals surface area contributed by atoms with Crippen LogP contribution in [0.15, 0.2) is 85.4 Å². The molecule has 0 unspecified atom stereocenters. The van der Waals surface area contributed by atoms with Crippen molar-refractivity contribution < 1.29 is 4.39 Å². The third-order valence-corrected chi connectivity index (χ3v) is 5.90. The predicted molar refractivity (Wildman–Crippen MR) is 125 cm³/mol. The molecule has 5 rings (SSSR count). The molecule has 1 fully saturated rings. The number of likely N-dealkylation sites (tertiary alicyclic amines) is 1. The van der Waals surface area contributed by atoms with Crippen LogP contribution in [0.4, 0.5) is 4.39 Å². The van der Waals surface area contributed by atoms with E-state index < -0.39 is 6.17 Å². The predicted octanol–water partition coefficient (Wildman–Crippen LogP) is 6.37.